The molecule has 2 amide bonds. The highest BCUT2D eigenvalue weighted by molar-refractivity contribution is 6.30. The van der Waals surface area contributed by atoms with Crippen LogP contribution < -0.4 is 10.6 Å². The number of carbonyl (C=O) groups excluding carboxylic acids is 2. The van der Waals surface area contributed by atoms with Gasteiger partial charge in [0.15, 0.2) is 0 Å². The minimum absolute atomic E-state index is 0.0479. The maximum absolute atomic E-state index is 11.5. The van der Waals surface area contributed by atoms with Crippen molar-refractivity contribution < 1.29 is 9.59 Å². The van der Waals surface area contributed by atoms with Gasteiger partial charge in [-0.25, -0.2) is 0 Å². The normalized spacial score (nSPS) is 10.3. The first-order valence-electron chi connectivity index (χ1n) is 6.28. The van der Waals surface area contributed by atoms with Gasteiger partial charge in [0.1, 0.15) is 6.42 Å². The monoisotopic (exact) mass is 282 g/mol. The van der Waals surface area contributed by atoms with E-state index < -0.39 is 0 Å². The number of nitrogens with one attached hydrogen (secondary N) is 2. The molecule has 0 saturated heterocycles. The van der Waals surface area contributed by atoms with E-state index in [2.05, 4.69) is 10.6 Å². The van der Waals surface area contributed by atoms with E-state index in [1.807, 2.05) is 32.0 Å². The van der Waals surface area contributed by atoms with Crippen molar-refractivity contribution in [3.05, 3.63) is 34.9 Å². The Hall–Kier alpha value is -1.55. The quantitative estimate of drug-likeness (QED) is 0.783. The van der Waals surface area contributed by atoms with Gasteiger partial charge in [-0.3, -0.25) is 9.59 Å². The van der Waals surface area contributed by atoms with Crippen molar-refractivity contribution in [1.82, 2.24) is 10.6 Å². The van der Waals surface area contributed by atoms with Crippen molar-refractivity contribution in [3.63, 3.8) is 0 Å². The molecule has 0 spiro atoms. The lowest BCUT2D eigenvalue weighted by molar-refractivity contribution is -0.129. The van der Waals surface area contributed by atoms with Crippen molar-refractivity contribution in [2.45, 2.75) is 32.7 Å². The van der Waals surface area contributed by atoms with Crippen molar-refractivity contribution >= 4 is 23.4 Å². The largest absolute Gasteiger partial charge is 0.355 e. The van der Waals surface area contributed by atoms with Crippen LogP contribution in [0.4, 0.5) is 0 Å². The van der Waals surface area contributed by atoms with Gasteiger partial charge >= 0.3 is 0 Å². The summed E-state index contributed by atoms with van der Waals surface area (Å²) in [5.74, 6) is -0.518. The predicted molar refractivity (Wildman–Crippen MR) is 76.1 cm³/mol. The van der Waals surface area contributed by atoms with Gasteiger partial charge in [-0.2, -0.15) is 0 Å². The average Bonchev–Trinajstić information content (AvgIpc) is 2.27. The van der Waals surface area contributed by atoms with E-state index in [0.717, 1.165) is 5.56 Å². The van der Waals surface area contributed by atoms with Crippen LogP contribution in [0.25, 0.3) is 0 Å². The molecule has 1 aromatic rings. The summed E-state index contributed by atoms with van der Waals surface area (Å²) in [7, 11) is 0. The van der Waals surface area contributed by atoms with Crippen molar-refractivity contribution in [1.29, 1.82) is 0 Å². The maximum Gasteiger partial charge on any atom is 0.229 e. The van der Waals surface area contributed by atoms with Crippen LogP contribution in [0.1, 0.15) is 25.8 Å². The Balaban J connectivity index is 2.25. The second kappa shape index (κ2) is 7.79. The molecule has 0 fully saturated rings. The van der Waals surface area contributed by atoms with Crippen LogP contribution in [0.5, 0.6) is 0 Å². The summed E-state index contributed by atoms with van der Waals surface area (Å²) >= 11 is 5.86. The number of hydrogen-bond donors (Lipinski definition) is 2. The molecule has 0 aliphatic carbocycles. The van der Waals surface area contributed by atoms with Gasteiger partial charge in [0.25, 0.3) is 0 Å². The molecular formula is C14H19ClN2O2. The van der Waals surface area contributed by atoms with Crippen LogP contribution >= 0.6 is 11.6 Å². The minimum Gasteiger partial charge on any atom is -0.355 e. The zero-order chi connectivity index (χ0) is 14.3. The molecule has 1 rings (SSSR count). The van der Waals surface area contributed by atoms with E-state index in [9.17, 15) is 9.59 Å². The van der Waals surface area contributed by atoms with Crippen molar-refractivity contribution in [3.8, 4) is 0 Å². The summed E-state index contributed by atoms with van der Waals surface area (Å²) in [5.41, 5.74) is 1.06. The Kier molecular flexibility index (Phi) is 6.36. The summed E-state index contributed by atoms with van der Waals surface area (Å²) < 4.78 is 0. The lowest BCUT2D eigenvalue weighted by atomic mass is 10.1. The summed E-state index contributed by atoms with van der Waals surface area (Å²) in [4.78, 5) is 22.8. The molecule has 0 atom stereocenters. The fourth-order valence-corrected chi connectivity index (χ4v) is 1.83. The number of halogens is 1. The van der Waals surface area contributed by atoms with Crippen molar-refractivity contribution in [2.24, 2.45) is 0 Å². The summed E-state index contributed by atoms with van der Waals surface area (Å²) in [5, 5.41) is 6.06. The zero-order valence-electron chi connectivity index (χ0n) is 11.2. The van der Waals surface area contributed by atoms with Gasteiger partial charge in [0.2, 0.25) is 11.8 Å². The Morgan fingerprint density at radius 1 is 1.26 bits per heavy atom. The predicted octanol–water partition coefficient (Wildman–Crippen LogP) is 1.91. The fourth-order valence-electron chi connectivity index (χ4n) is 1.62. The van der Waals surface area contributed by atoms with E-state index in [-0.39, 0.29) is 24.3 Å². The van der Waals surface area contributed by atoms with Crippen LogP contribution in [0.3, 0.4) is 0 Å². The van der Waals surface area contributed by atoms with Crippen LogP contribution in [0, 0.1) is 0 Å². The van der Waals surface area contributed by atoms with Crippen LogP contribution in [0.2, 0.25) is 5.02 Å². The number of rotatable bonds is 6. The average molecular weight is 283 g/mol. The molecule has 1 aromatic carbocycles. The summed E-state index contributed by atoms with van der Waals surface area (Å²) in [6.07, 6.45) is 0.561. The number of carbonyl (C=O) groups is 2. The third kappa shape index (κ3) is 6.82. The molecule has 0 aliphatic rings. The van der Waals surface area contributed by atoms with Gasteiger partial charge in [0.05, 0.1) is 0 Å². The molecule has 104 valence electrons. The summed E-state index contributed by atoms with van der Waals surface area (Å²) in [6, 6.07) is 7.53. The number of hydrogen-bond acceptors (Lipinski definition) is 2. The first kappa shape index (κ1) is 15.5. The topological polar surface area (TPSA) is 58.2 Å². The van der Waals surface area contributed by atoms with E-state index in [0.29, 0.717) is 18.0 Å². The van der Waals surface area contributed by atoms with Crippen LogP contribution in [-0.2, 0) is 16.0 Å². The molecule has 5 heteroatoms. The second-order valence-corrected chi connectivity index (χ2v) is 5.07. The van der Waals surface area contributed by atoms with E-state index >= 15 is 0 Å². The molecule has 0 saturated carbocycles. The van der Waals surface area contributed by atoms with Gasteiger partial charge in [-0.05, 0) is 38.0 Å². The highest BCUT2D eigenvalue weighted by Crippen LogP contribution is 2.10. The summed E-state index contributed by atoms with van der Waals surface area (Å²) in [6.45, 7) is 4.21. The molecule has 4 nitrogen and oxygen atoms in total. The first-order chi connectivity index (χ1) is 8.97. The van der Waals surface area contributed by atoms with E-state index in [1.54, 1.807) is 6.07 Å². The van der Waals surface area contributed by atoms with Crippen LogP contribution in [0.15, 0.2) is 24.3 Å². The maximum atomic E-state index is 11.5. The van der Waals surface area contributed by atoms with Gasteiger partial charge in [0, 0.05) is 17.6 Å². The Morgan fingerprint density at radius 2 is 2.00 bits per heavy atom. The molecule has 0 unspecified atom stereocenters. The fraction of sp³-hybridized carbons (Fsp3) is 0.429. The van der Waals surface area contributed by atoms with Gasteiger partial charge in [-0.1, -0.05) is 23.7 Å². The SMILES string of the molecule is CC(C)NC(=O)CC(=O)NCCc1cccc(Cl)c1. The third-order valence-electron chi connectivity index (χ3n) is 2.40. The van der Waals surface area contributed by atoms with Gasteiger partial charge in [-0.15, -0.1) is 0 Å². The van der Waals surface area contributed by atoms with Crippen molar-refractivity contribution in [2.75, 3.05) is 6.54 Å². The zero-order valence-corrected chi connectivity index (χ0v) is 12.0. The highest BCUT2D eigenvalue weighted by atomic mass is 35.5. The molecule has 2 N–H and O–H groups in total. The minimum atomic E-state index is -0.264. The Bertz CT molecular complexity index is 447. The highest BCUT2D eigenvalue weighted by Gasteiger charge is 2.09. The molecule has 0 bridgehead atoms. The molecule has 0 aromatic heterocycles. The molecule has 0 aliphatic heterocycles. The smallest absolute Gasteiger partial charge is 0.229 e. The third-order valence-corrected chi connectivity index (χ3v) is 2.63. The second-order valence-electron chi connectivity index (χ2n) is 4.63. The lowest BCUT2D eigenvalue weighted by Gasteiger charge is -2.08. The standard InChI is InChI=1S/C14H19ClN2O2/c1-10(2)17-14(19)9-13(18)16-7-6-11-4-3-5-12(15)8-11/h3-5,8,10H,6-7,9H2,1-2H3,(H,16,18)(H,17,19). The molecule has 0 radical (unpaired) electrons. The van der Waals surface area contributed by atoms with E-state index in [1.165, 1.54) is 0 Å². The number of benzene rings is 1. The Morgan fingerprint density at radius 3 is 2.63 bits per heavy atom. The number of amides is 2. The van der Waals surface area contributed by atoms with Gasteiger partial charge < -0.3 is 10.6 Å². The molecule has 0 heterocycles. The first-order valence-corrected chi connectivity index (χ1v) is 6.65. The Labute approximate surface area is 118 Å². The van der Waals surface area contributed by atoms with Crippen LogP contribution in [-0.4, -0.2) is 24.4 Å². The molecular weight excluding hydrogens is 264 g/mol. The van der Waals surface area contributed by atoms with E-state index in [4.69, 9.17) is 11.6 Å². The molecule has 19 heavy (non-hydrogen) atoms. The lowest BCUT2D eigenvalue weighted by Crippen LogP contribution is -2.35.